The Morgan fingerprint density at radius 2 is 2.06 bits per heavy atom. The lowest BCUT2D eigenvalue weighted by molar-refractivity contribution is 0.724. The number of nitrogens with one attached hydrogen (secondary N) is 3. The SMILES string of the molecule is CCc1cccc(C)c1NC(=N)N(C)C(=N)N. The Morgan fingerprint density at radius 1 is 1.41 bits per heavy atom. The second-order valence-corrected chi connectivity index (χ2v) is 3.88. The van der Waals surface area contributed by atoms with Gasteiger partial charge < -0.3 is 11.1 Å². The van der Waals surface area contributed by atoms with Crippen LogP contribution in [0.3, 0.4) is 0 Å². The van der Waals surface area contributed by atoms with Gasteiger partial charge in [-0.05, 0) is 24.5 Å². The predicted molar refractivity (Wildman–Crippen MR) is 71.6 cm³/mol. The molecule has 17 heavy (non-hydrogen) atoms. The van der Waals surface area contributed by atoms with Crippen molar-refractivity contribution in [2.24, 2.45) is 5.73 Å². The van der Waals surface area contributed by atoms with Crippen LogP contribution >= 0.6 is 0 Å². The molecule has 1 aromatic carbocycles. The van der Waals surface area contributed by atoms with Gasteiger partial charge >= 0.3 is 0 Å². The quantitative estimate of drug-likeness (QED) is 0.463. The number of nitrogens with zero attached hydrogens (tertiary/aromatic N) is 1. The second kappa shape index (κ2) is 5.34. The van der Waals surface area contributed by atoms with E-state index in [1.54, 1.807) is 7.05 Å². The third kappa shape index (κ3) is 2.96. The topological polar surface area (TPSA) is 89.0 Å². The molecule has 1 rings (SSSR count). The molecule has 0 aromatic heterocycles. The Bertz CT molecular complexity index is 439. The van der Waals surface area contributed by atoms with E-state index in [0.717, 1.165) is 23.2 Å². The van der Waals surface area contributed by atoms with Gasteiger partial charge in [-0.2, -0.15) is 0 Å². The summed E-state index contributed by atoms with van der Waals surface area (Å²) in [6.45, 7) is 4.06. The van der Waals surface area contributed by atoms with Crippen molar-refractivity contribution < 1.29 is 0 Å². The lowest BCUT2D eigenvalue weighted by Gasteiger charge is -2.21. The van der Waals surface area contributed by atoms with Crippen molar-refractivity contribution in [2.75, 3.05) is 12.4 Å². The van der Waals surface area contributed by atoms with Gasteiger partial charge in [0.2, 0.25) is 5.96 Å². The molecule has 0 saturated carbocycles. The minimum Gasteiger partial charge on any atom is -0.370 e. The third-order valence-corrected chi connectivity index (χ3v) is 2.68. The van der Waals surface area contributed by atoms with E-state index in [2.05, 4.69) is 12.2 Å². The van der Waals surface area contributed by atoms with E-state index in [-0.39, 0.29) is 11.9 Å². The zero-order valence-corrected chi connectivity index (χ0v) is 10.5. The van der Waals surface area contributed by atoms with Crippen LogP contribution in [-0.2, 0) is 6.42 Å². The van der Waals surface area contributed by atoms with Crippen molar-refractivity contribution in [1.29, 1.82) is 10.8 Å². The van der Waals surface area contributed by atoms with Gasteiger partial charge in [0, 0.05) is 12.7 Å². The molecular weight excluding hydrogens is 214 g/mol. The van der Waals surface area contributed by atoms with E-state index in [0.29, 0.717) is 0 Å². The first-order chi connectivity index (χ1) is 7.97. The zero-order chi connectivity index (χ0) is 13.0. The fraction of sp³-hybridized carbons (Fsp3) is 0.333. The number of guanidine groups is 2. The molecule has 0 unspecified atom stereocenters. The molecule has 5 heteroatoms. The second-order valence-electron chi connectivity index (χ2n) is 3.88. The largest absolute Gasteiger partial charge is 0.370 e. The molecule has 0 aliphatic rings. The smallest absolute Gasteiger partial charge is 0.202 e. The number of benzene rings is 1. The fourth-order valence-corrected chi connectivity index (χ4v) is 1.52. The molecule has 0 fully saturated rings. The van der Waals surface area contributed by atoms with Crippen LogP contribution in [0.4, 0.5) is 5.69 Å². The highest BCUT2D eigenvalue weighted by atomic mass is 15.3. The maximum Gasteiger partial charge on any atom is 0.202 e. The van der Waals surface area contributed by atoms with Crippen LogP contribution in [-0.4, -0.2) is 23.9 Å². The van der Waals surface area contributed by atoms with Crippen molar-refractivity contribution >= 4 is 17.6 Å². The normalized spacial score (nSPS) is 9.82. The lowest BCUT2D eigenvalue weighted by atomic mass is 10.1. The summed E-state index contributed by atoms with van der Waals surface area (Å²) < 4.78 is 0. The molecule has 0 saturated heterocycles. The van der Waals surface area contributed by atoms with Crippen LogP contribution < -0.4 is 11.1 Å². The minimum atomic E-state index is -0.158. The van der Waals surface area contributed by atoms with E-state index in [4.69, 9.17) is 16.6 Å². The molecule has 0 aliphatic heterocycles. The van der Waals surface area contributed by atoms with Gasteiger partial charge in [-0.15, -0.1) is 0 Å². The summed E-state index contributed by atoms with van der Waals surface area (Å²) in [5.41, 5.74) is 8.47. The van der Waals surface area contributed by atoms with Crippen LogP contribution in [0.1, 0.15) is 18.1 Å². The van der Waals surface area contributed by atoms with Crippen molar-refractivity contribution in [3.63, 3.8) is 0 Å². The predicted octanol–water partition coefficient (Wildman–Crippen LogP) is 1.73. The van der Waals surface area contributed by atoms with E-state index in [1.165, 1.54) is 4.90 Å². The van der Waals surface area contributed by atoms with Gasteiger partial charge in [-0.25, -0.2) is 0 Å². The van der Waals surface area contributed by atoms with Crippen LogP contribution in [0.2, 0.25) is 0 Å². The van der Waals surface area contributed by atoms with Crippen LogP contribution in [0, 0.1) is 17.7 Å². The molecule has 92 valence electrons. The molecule has 0 atom stereocenters. The number of anilines is 1. The summed E-state index contributed by atoms with van der Waals surface area (Å²) in [7, 11) is 1.58. The molecule has 5 nitrogen and oxygen atoms in total. The molecule has 0 aliphatic carbocycles. The van der Waals surface area contributed by atoms with Crippen LogP contribution in [0.25, 0.3) is 0 Å². The van der Waals surface area contributed by atoms with Crippen molar-refractivity contribution in [2.45, 2.75) is 20.3 Å². The molecule has 0 bridgehead atoms. The first kappa shape index (κ1) is 13.0. The highest BCUT2D eigenvalue weighted by Gasteiger charge is 2.10. The Kier molecular flexibility index (Phi) is 4.09. The standard InChI is InChI=1S/C12H19N5/c1-4-9-7-5-6-8(2)10(9)16-12(15)17(3)11(13)14/h5-7H,4H2,1-3H3,(H3,13,14)(H2,15,16). The van der Waals surface area contributed by atoms with E-state index in [9.17, 15) is 0 Å². The van der Waals surface area contributed by atoms with Crippen molar-refractivity contribution in [3.05, 3.63) is 29.3 Å². The van der Waals surface area contributed by atoms with Gasteiger partial charge in [0.05, 0.1) is 0 Å². The molecule has 0 amide bonds. The van der Waals surface area contributed by atoms with Crippen LogP contribution in [0.15, 0.2) is 18.2 Å². The number of hydrogen-bond donors (Lipinski definition) is 4. The number of rotatable bonds is 2. The maximum atomic E-state index is 7.82. The number of para-hydroxylation sites is 1. The van der Waals surface area contributed by atoms with Gasteiger partial charge in [-0.1, -0.05) is 25.1 Å². The van der Waals surface area contributed by atoms with Gasteiger partial charge in [0.25, 0.3) is 0 Å². The number of aryl methyl sites for hydroxylation is 2. The van der Waals surface area contributed by atoms with E-state index in [1.807, 2.05) is 25.1 Å². The fourth-order valence-electron chi connectivity index (χ4n) is 1.52. The highest BCUT2D eigenvalue weighted by molar-refractivity contribution is 6.02. The molecule has 5 N–H and O–H groups in total. The average Bonchev–Trinajstić information content (AvgIpc) is 2.30. The Hall–Kier alpha value is -2.04. The Labute approximate surface area is 102 Å². The number of nitrogens with two attached hydrogens (primary N) is 1. The summed E-state index contributed by atoms with van der Waals surface area (Å²) in [5.74, 6) is -0.0596. The van der Waals surface area contributed by atoms with Crippen molar-refractivity contribution in [3.8, 4) is 0 Å². The maximum absolute atomic E-state index is 7.82. The van der Waals surface area contributed by atoms with E-state index < -0.39 is 0 Å². The minimum absolute atomic E-state index is 0.0986. The summed E-state index contributed by atoms with van der Waals surface area (Å²) in [5, 5.41) is 18.1. The van der Waals surface area contributed by atoms with Gasteiger partial charge in [0.1, 0.15) is 0 Å². The van der Waals surface area contributed by atoms with Crippen LogP contribution in [0.5, 0.6) is 0 Å². The molecule has 0 spiro atoms. The number of hydrogen-bond acceptors (Lipinski definition) is 2. The summed E-state index contributed by atoms with van der Waals surface area (Å²) in [6, 6.07) is 6.01. The summed E-state index contributed by atoms with van der Waals surface area (Å²) >= 11 is 0. The van der Waals surface area contributed by atoms with Gasteiger partial charge in [0.15, 0.2) is 5.96 Å². The molecular formula is C12H19N5. The molecule has 1 aromatic rings. The highest BCUT2D eigenvalue weighted by Crippen LogP contribution is 2.21. The Morgan fingerprint density at radius 3 is 2.59 bits per heavy atom. The first-order valence-electron chi connectivity index (χ1n) is 5.49. The zero-order valence-electron chi connectivity index (χ0n) is 10.5. The van der Waals surface area contributed by atoms with Gasteiger partial charge in [-0.3, -0.25) is 15.7 Å². The lowest BCUT2D eigenvalue weighted by Crippen LogP contribution is -2.41. The molecule has 0 radical (unpaired) electrons. The monoisotopic (exact) mass is 233 g/mol. The summed E-state index contributed by atoms with van der Waals surface area (Å²) in [6.07, 6.45) is 0.890. The summed E-state index contributed by atoms with van der Waals surface area (Å²) in [4.78, 5) is 1.28. The molecule has 0 heterocycles. The third-order valence-electron chi connectivity index (χ3n) is 2.68. The van der Waals surface area contributed by atoms with E-state index >= 15 is 0 Å². The Balaban J connectivity index is 2.95. The van der Waals surface area contributed by atoms with Crippen molar-refractivity contribution in [1.82, 2.24) is 4.90 Å². The average molecular weight is 233 g/mol. The first-order valence-corrected chi connectivity index (χ1v) is 5.49.